The van der Waals surface area contributed by atoms with Crippen molar-refractivity contribution >= 4 is 6.29 Å². The number of hydrogen-bond donors (Lipinski definition) is 0. The normalized spacial score (nSPS) is 25.5. The van der Waals surface area contributed by atoms with Crippen molar-refractivity contribution in [1.29, 1.82) is 0 Å². The topological polar surface area (TPSA) is 26.3 Å². The van der Waals surface area contributed by atoms with E-state index in [4.69, 9.17) is 4.74 Å². The molecule has 0 aromatic rings. The minimum Gasteiger partial charge on any atom is -0.368 e. The fraction of sp³-hybridized carbons (Fsp3) is 0.889. The van der Waals surface area contributed by atoms with E-state index in [1.54, 1.807) is 6.92 Å². The van der Waals surface area contributed by atoms with Gasteiger partial charge in [0.15, 0.2) is 6.29 Å². The Balaban J connectivity index is 2.57. The summed E-state index contributed by atoms with van der Waals surface area (Å²) < 4.78 is 30.7. The maximum atomic E-state index is 12.8. The molecular weight excluding hydrogens is 178 g/mol. The number of rotatable bonds is 3. The molecule has 0 aliphatic heterocycles. The largest absolute Gasteiger partial charge is 0.368 e. The van der Waals surface area contributed by atoms with Crippen LogP contribution in [0.5, 0.6) is 0 Å². The zero-order valence-corrected chi connectivity index (χ0v) is 7.69. The van der Waals surface area contributed by atoms with Crippen molar-refractivity contribution in [2.45, 2.75) is 44.1 Å². The number of alkyl halides is 2. The molecule has 1 aliphatic rings. The van der Waals surface area contributed by atoms with Gasteiger partial charge in [0.1, 0.15) is 5.60 Å². The van der Waals surface area contributed by atoms with Crippen LogP contribution in [0, 0.1) is 0 Å². The molecule has 0 N–H and O–H groups in total. The Morgan fingerprint density at radius 3 is 2.23 bits per heavy atom. The molecule has 0 radical (unpaired) electrons. The van der Waals surface area contributed by atoms with E-state index in [1.165, 1.54) is 0 Å². The van der Waals surface area contributed by atoms with Gasteiger partial charge in [-0.2, -0.15) is 0 Å². The minimum atomic E-state index is -2.61. The lowest BCUT2D eigenvalue weighted by Gasteiger charge is -2.35. The zero-order chi connectivity index (χ0) is 9.95. The van der Waals surface area contributed by atoms with Gasteiger partial charge in [-0.25, -0.2) is 8.78 Å². The lowest BCUT2D eigenvalue weighted by molar-refractivity contribution is -0.150. The summed E-state index contributed by atoms with van der Waals surface area (Å²) in [7, 11) is 0. The second kappa shape index (κ2) is 3.70. The van der Waals surface area contributed by atoms with Gasteiger partial charge in [-0.05, 0) is 19.8 Å². The molecule has 0 saturated heterocycles. The Labute approximate surface area is 76.3 Å². The van der Waals surface area contributed by atoms with E-state index < -0.39 is 11.5 Å². The molecule has 76 valence electrons. The van der Waals surface area contributed by atoms with Gasteiger partial charge >= 0.3 is 0 Å². The van der Waals surface area contributed by atoms with Gasteiger partial charge in [0.2, 0.25) is 5.92 Å². The molecule has 0 amide bonds. The first-order valence-corrected chi connectivity index (χ1v) is 4.52. The van der Waals surface area contributed by atoms with Crippen molar-refractivity contribution < 1.29 is 18.3 Å². The van der Waals surface area contributed by atoms with Crippen LogP contribution in [0.2, 0.25) is 0 Å². The number of aldehydes is 1. The molecule has 0 aromatic carbocycles. The van der Waals surface area contributed by atoms with Crippen molar-refractivity contribution in [2.24, 2.45) is 0 Å². The first-order valence-electron chi connectivity index (χ1n) is 4.52. The second-order valence-electron chi connectivity index (χ2n) is 3.47. The van der Waals surface area contributed by atoms with Crippen molar-refractivity contribution in [3.05, 3.63) is 0 Å². The number of ether oxygens (including phenoxy) is 1. The van der Waals surface area contributed by atoms with E-state index in [9.17, 15) is 13.6 Å². The number of carbonyl (C=O) groups excluding carboxylic acids is 1. The summed E-state index contributed by atoms with van der Waals surface area (Å²) in [6.07, 6.45) is 0.456. The third-order valence-electron chi connectivity index (χ3n) is 2.47. The monoisotopic (exact) mass is 192 g/mol. The molecule has 4 heteroatoms. The van der Waals surface area contributed by atoms with Crippen molar-refractivity contribution in [3.8, 4) is 0 Å². The third-order valence-corrected chi connectivity index (χ3v) is 2.47. The van der Waals surface area contributed by atoms with Gasteiger partial charge in [-0.1, -0.05) is 0 Å². The van der Waals surface area contributed by atoms with Gasteiger partial charge in [0, 0.05) is 19.4 Å². The van der Waals surface area contributed by atoms with E-state index in [2.05, 4.69) is 0 Å². The molecule has 0 bridgehead atoms. The molecule has 1 saturated carbocycles. The lowest BCUT2D eigenvalue weighted by atomic mass is 9.83. The molecule has 0 atom stereocenters. The fourth-order valence-electron chi connectivity index (χ4n) is 1.62. The summed E-state index contributed by atoms with van der Waals surface area (Å²) in [6, 6.07) is 0. The smallest absolute Gasteiger partial charge is 0.248 e. The first-order chi connectivity index (χ1) is 6.04. The highest BCUT2D eigenvalue weighted by Crippen LogP contribution is 2.39. The molecule has 1 rings (SSSR count). The number of carbonyl (C=O) groups is 1. The Morgan fingerprint density at radius 1 is 1.31 bits per heavy atom. The van der Waals surface area contributed by atoms with Crippen LogP contribution in [-0.2, 0) is 9.53 Å². The van der Waals surface area contributed by atoms with Crippen LogP contribution < -0.4 is 0 Å². The van der Waals surface area contributed by atoms with Gasteiger partial charge in [0.05, 0.1) is 0 Å². The maximum Gasteiger partial charge on any atom is 0.248 e. The highest BCUT2D eigenvalue weighted by atomic mass is 19.3. The van der Waals surface area contributed by atoms with E-state index in [1.807, 2.05) is 0 Å². The Hall–Kier alpha value is -0.510. The average Bonchev–Trinajstić information content (AvgIpc) is 2.10. The van der Waals surface area contributed by atoms with Crippen LogP contribution in [0.25, 0.3) is 0 Å². The Morgan fingerprint density at radius 2 is 1.85 bits per heavy atom. The maximum absolute atomic E-state index is 12.8. The molecule has 0 unspecified atom stereocenters. The highest BCUT2D eigenvalue weighted by Gasteiger charge is 2.43. The molecule has 2 nitrogen and oxygen atoms in total. The molecule has 13 heavy (non-hydrogen) atoms. The summed E-state index contributed by atoms with van der Waals surface area (Å²) in [5.74, 6) is -2.61. The third kappa shape index (κ3) is 2.46. The van der Waals surface area contributed by atoms with Gasteiger partial charge < -0.3 is 9.53 Å². The SMILES string of the molecule is CCOC1(C=O)CCC(F)(F)CC1. The average molecular weight is 192 g/mol. The molecule has 0 aromatic heterocycles. The zero-order valence-electron chi connectivity index (χ0n) is 7.69. The molecule has 1 fully saturated rings. The van der Waals surface area contributed by atoms with Crippen LogP contribution in [0.3, 0.4) is 0 Å². The second-order valence-corrected chi connectivity index (χ2v) is 3.47. The van der Waals surface area contributed by atoms with E-state index in [-0.39, 0.29) is 25.7 Å². The standard InChI is InChI=1S/C9H14F2O2/c1-2-13-8(7-12)3-5-9(10,11)6-4-8/h7H,2-6H2,1H3. The van der Waals surface area contributed by atoms with Crippen LogP contribution in [0.1, 0.15) is 32.6 Å². The van der Waals surface area contributed by atoms with Crippen LogP contribution in [-0.4, -0.2) is 24.4 Å². The van der Waals surface area contributed by atoms with Crippen LogP contribution >= 0.6 is 0 Å². The van der Waals surface area contributed by atoms with E-state index >= 15 is 0 Å². The van der Waals surface area contributed by atoms with Crippen LogP contribution in [0.15, 0.2) is 0 Å². The van der Waals surface area contributed by atoms with E-state index in [0.29, 0.717) is 12.9 Å². The van der Waals surface area contributed by atoms with E-state index in [0.717, 1.165) is 0 Å². The molecule has 1 aliphatic carbocycles. The quantitative estimate of drug-likeness (QED) is 0.640. The predicted molar refractivity (Wildman–Crippen MR) is 43.8 cm³/mol. The number of halogens is 2. The number of hydrogen-bond acceptors (Lipinski definition) is 2. The Kier molecular flexibility index (Phi) is 3.01. The van der Waals surface area contributed by atoms with Gasteiger partial charge in [0.25, 0.3) is 0 Å². The summed E-state index contributed by atoms with van der Waals surface area (Å²) in [5.41, 5.74) is -0.934. The van der Waals surface area contributed by atoms with Gasteiger partial charge in [-0.15, -0.1) is 0 Å². The molecule has 0 spiro atoms. The first kappa shape index (κ1) is 10.6. The summed E-state index contributed by atoms with van der Waals surface area (Å²) in [6.45, 7) is 2.16. The van der Waals surface area contributed by atoms with Gasteiger partial charge in [-0.3, -0.25) is 0 Å². The van der Waals surface area contributed by atoms with Crippen molar-refractivity contribution in [1.82, 2.24) is 0 Å². The fourth-order valence-corrected chi connectivity index (χ4v) is 1.62. The van der Waals surface area contributed by atoms with Crippen LogP contribution in [0.4, 0.5) is 8.78 Å². The van der Waals surface area contributed by atoms with Crippen molar-refractivity contribution in [3.63, 3.8) is 0 Å². The Bertz CT molecular complexity index is 182. The summed E-state index contributed by atoms with van der Waals surface area (Å²) in [5, 5.41) is 0. The molecular formula is C9H14F2O2. The lowest BCUT2D eigenvalue weighted by Crippen LogP contribution is -2.42. The molecule has 0 heterocycles. The predicted octanol–water partition coefficient (Wildman–Crippen LogP) is 2.17. The highest BCUT2D eigenvalue weighted by molar-refractivity contribution is 5.62. The van der Waals surface area contributed by atoms with Crippen molar-refractivity contribution in [2.75, 3.05) is 6.61 Å². The summed E-state index contributed by atoms with van der Waals surface area (Å²) in [4.78, 5) is 10.7. The summed E-state index contributed by atoms with van der Waals surface area (Å²) >= 11 is 0. The minimum absolute atomic E-state index is 0.136.